The zero-order chi connectivity index (χ0) is 13.0. The molecule has 1 aromatic carbocycles. The van der Waals surface area contributed by atoms with Crippen LogP contribution in [0, 0.1) is 17.2 Å². The van der Waals surface area contributed by atoms with Crippen molar-refractivity contribution in [3.05, 3.63) is 28.8 Å². The van der Waals surface area contributed by atoms with Crippen LogP contribution in [0.4, 0.5) is 5.69 Å². The average Bonchev–Trinajstić information content (AvgIpc) is 2.42. The Hall–Kier alpha value is -1.57. The summed E-state index contributed by atoms with van der Waals surface area (Å²) in [5.74, 6) is -0.0697. The Balaban J connectivity index is 2.08. The van der Waals surface area contributed by atoms with Crippen LogP contribution in [-0.2, 0) is 4.79 Å². The Kier molecular flexibility index (Phi) is 4.19. The van der Waals surface area contributed by atoms with Gasteiger partial charge >= 0.3 is 0 Å². The summed E-state index contributed by atoms with van der Waals surface area (Å²) in [5, 5.41) is 15.3. The number of benzene rings is 1. The lowest BCUT2D eigenvalue weighted by Crippen LogP contribution is -2.37. The summed E-state index contributed by atoms with van der Waals surface area (Å²) in [6, 6.07) is 6.86. The van der Waals surface area contributed by atoms with Crippen molar-refractivity contribution in [2.24, 2.45) is 5.92 Å². The van der Waals surface area contributed by atoms with E-state index in [1.54, 1.807) is 18.2 Å². The molecule has 1 amide bonds. The highest BCUT2D eigenvalue weighted by Crippen LogP contribution is 2.24. The fourth-order valence-electron chi connectivity index (χ4n) is 2.00. The first-order chi connectivity index (χ1) is 8.70. The lowest BCUT2D eigenvalue weighted by Gasteiger charge is -2.22. The SMILES string of the molecule is N#Cc1ccc(Cl)c(NC(=O)[C@@H]2CCCNC2)c1. The average molecular weight is 264 g/mol. The molecule has 0 radical (unpaired) electrons. The second-order valence-corrected chi connectivity index (χ2v) is 4.75. The molecule has 2 N–H and O–H groups in total. The molecule has 0 aliphatic carbocycles. The standard InChI is InChI=1S/C13H14ClN3O/c14-11-4-3-9(7-15)6-12(11)17-13(18)10-2-1-5-16-8-10/h3-4,6,10,16H,1-2,5,8H2,(H,17,18)/t10-/m1/s1. The summed E-state index contributed by atoms with van der Waals surface area (Å²) >= 11 is 6.00. The second-order valence-electron chi connectivity index (χ2n) is 4.34. The molecule has 0 bridgehead atoms. The molecule has 0 spiro atoms. The van der Waals surface area contributed by atoms with Crippen molar-refractivity contribution in [2.45, 2.75) is 12.8 Å². The van der Waals surface area contributed by atoms with Crippen LogP contribution in [0.3, 0.4) is 0 Å². The highest BCUT2D eigenvalue weighted by atomic mass is 35.5. The van der Waals surface area contributed by atoms with Crippen molar-refractivity contribution in [3.63, 3.8) is 0 Å². The lowest BCUT2D eigenvalue weighted by atomic mass is 9.99. The number of anilines is 1. The minimum atomic E-state index is -0.0424. The third-order valence-corrected chi connectivity index (χ3v) is 3.35. The Labute approximate surface area is 111 Å². The molecule has 2 rings (SSSR count). The zero-order valence-corrected chi connectivity index (χ0v) is 10.6. The fraction of sp³-hybridized carbons (Fsp3) is 0.385. The van der Waals surface area contributed by atoms with E-state index in [2.05, 4.69) is 10.6 Å². The number of piperidine rings is 1. The van der Waals surface area contributed by atoms with E-state index >= 15 is 0 Å². The fourth-order valence-corrected chi connectivity index (χ4v) is 2.17. The molecule has 4 nitrogen and oxygen atoms in total. The van der Waals surface area contributed by atoms with Crippen LogP contribution in [0.25, 0.3) is 0 Å². The van der Waals surface area contributed by atoms with Gasteiger partial charge in [0.05, 0.1) is 28.3 Å². The maximum absolute atomic E-state index is 12.0. The summed E-state index contributed by atoms with van der Waals surface area (Å²) in [6.07, 6.45) is 1.89. The number of carbonyl (C=O) groups excluding carboxylic acids is 1. The summed E-state index contributed by atoms with van der Waals surface area (Å²) < 4.78 is 0. The summed E-state index contributed by atoms with van der Waals surface area (Å²) in [7, 11) is 0. The lowest BCUT2D eigenvalue weighted by molar-refractivity contribution is -0.120. The van der Waals surface area contributed by atoms with Gasteiger partial charge in [-0.3, -0.25) is 4.79 Å². The van der Waals surface area contributed by atoms with E-state index in [1.165, 1.54) is 0 Å². The van der Waals surface area contributed by atoms with Gasteiger partial charge in [0, 0.05) is 6.54 Å². The Morgan fingerprint density at radius 2 is 2.39 bits per heavy atom. The molecule has 1 aliphatic heterocycles. The van der Waals surface area contributed by atoms with Crippen LogP contribution in [0.15, 0.2) is 18.2 Å². The van der Waals surface area contributed by atoms with Crippen LogP contribution < -0.4 is 10.6 Å². The van der Waals surface area contributed by atoms with E-state index in [9.17, 15) is 4.79 Å². The number of hydrogen-bond donors (Lipinski definition) is 2. The first kappa shape index (κ1) is 12.9. The van der Waals surface area contributed by atoms with Crippen LogP contribution in [-0.4, -0.2) is 19.0 Å². The van der Waals surface area contributed by atoms with E-state index in [-0.39, 0.29) is 11.8 Å². The highest BCUT2D eigenvalue weighted by Gasteiger charge is 2.21. The van der Waals surface area contributed by atoms with Gasteiger partial charge in [-0.05, 0) is 37.6 Å². The summed E-state index contributed by atoms with van der Waals surface area (Å²) in [6.45, 7) is 1.66. The van der Waals surface area contributed by atoms with Gasteiger partial charge in [-0.1, -0.05) is 11.6 Å². The molecule has 1 fully saturated rings. The number of nitrogens with zero attached hydrogens (tertiary/aromatic N) is 1. The molecule has 0 saturated carbocycles. The molecule has 1 aromatic rings. The molecule has 0 unspecified atom stereocenters. The van der Waals surface area contributed by atoms with Crippen molar-refractivity contribution in [1.29, 1.82) is 5.26 Å². The molecular weight excluding hydrogens is 250 g/mol. The number of nitriles is 1. The van der Waals surface area contributed by atoms with Crippen LogP contribution in [0.2, 0.25) is 5.02 Å². The van der Waals surface area contributed by atoms with Crippen LogP contribution in [0.1, 0.15) is 18.4 Å². The van der Waals surface area contributed by atoms with E-state index < -0.39 is 0 Å². The number of rotatable bonds is 2. The Bertz CT molecular complexity index is 489. The van der Waals surface area contributed by atoms with E-state index in [1.807, 2.05) is 6.07 Å². The second kappa shape index (κ2) is 5.85. The number of carbonyl (C=O) groups is 1. The third kappa shape index (κ3) is 3.00. The van der Waals surface area contributed by atoms with Gasteiger partial charge in [0.2, 0.25) is 5.91 Å². The molecule has 18 heavy (non-hydrogen) atoms. The van der Waals surface area contributed by atoms with Crippen molar-refractivity contribution < 1.29 is 4.79 Å². The molecule has 1 aliphatic rings. The minimum Gasteiger partial charge on any atom is -0.324 e. The summed E-state index contributed by atoms with van der Waals surface area (Å²) in [4.78, 5) is 12.0. The predicted octanol–water partition coefficient (Wildman–Crippen LogP) is 2.15. The first-order valence-electron chi connectivity index (χ1n) is 5.92. The predicted molar refractivity (Wildman–Crippen MR) is 70.4 cm³/mol. The molecule has 1 heterocycles. The molecular formula is C13H14ClN3O. The van der Waals surface area contributed by atoms with Gasteiger partial charge in [0.1, 0.15) is 0 Å². The summed E-state index contributed by atoms with van der Waals surface area (Å²) in [5.41, 5.74) is 0.989. The van der Waals surface area contributed by atoms with E-state index in [4.69, 9.17) is 16.9 Å². The molecule has 1 atom stereocenters. The minimum absolute atomic E-state index is 0.0273. The molecule has 94 valence electrons. The quantitative estimate of drug-likeness (QED) is 0.859. The van der Waals surface area contributed by atoms with Crippen LogP contribution in [0.5, 0.6) is 0 Å². The topological polar surface area (TPSA) is 64.9 Å². The van der Waals surface area contributed by atoms with Gasteiger partial charge in [-0.2, -0.15) is 5.26 Å². The number of amides is 1. The number of halogens is 1. The molecule has 0 aromatic heterocycles. The van der Waals surface area contributed by atoms with Gasteiger partial charge in [0.15, 0.2) is 0 Å². The zero-order valence-electron chi connectivity index (χ0n) is 9.87. The van der Waals surface area contributed by atoms with Gasteiger partial charge in [-0.25, -0.2) is 0 Å². The van der Waals surface area contributed by atoms with E-state index in [0.717, 1.165) is 19.4 Å². The third-order valence-electron chi connectivity index (χ3n) is 3.02. The van der Waals surface area contributed by atoms with Crippen molar-refractivity contribution in [1.82, 2.24) is 5.32 Å². The number of hydrogen-bond acceptors (Lipinski definition) is 3. The smallest absolute Gasteiger partial charge is 0.228 e. The van der Waals surface area contributed by atoms with Gasteiger partial charge < -0.3 is 10.6 Å². The number of nitrogens with one attached hydrogen (secondary N) is 2. The normalized spacial score (nSPS) is 19.0. The van der Waals surface area contributed by atoms with Gasteiger partial charge in [-0.15, -0.1) is 0 Å². The monoisotopic (exact) mass is 263 g/mol. The van der Waals surface area contributed by atoms with Gasteiger partial charge in [0.25, 0.3) is 0 Å². The molecule has 1 saturated heterocycles. The van der Waals surface area contributed by atoms with Crippen molar-refractivity contribution in [2.75, 3.05) is 18.4 Å². The highest BCUT2D eigenvalue weighted by molar-refractivity contribution is 6.33. The largest absolute Gasteiger partial charge is 0.324 e. The maximum Gasteiger partial charge on any atom is 0.228 e. The Morgan fingerprint density at radius 3 is 3.06 bits per heavy atom. The van der Waals surface area contributed by atoms with Crippen molar-refractivity contribution in [3.8, 4) is 6.07 Å². The first-order valence-corrected chi connectivity index (χ1v) is 6.29. The van der Waals surface area contributed by atoms with Crippen LogP contribution >= 0.6 is 11.6 Å². The van der Waals surface area contributed by atoms with Crippen molar-refractivity contribution >= 4 is 23.2 Å². The maximum atomic E-state index is 12.0. The van der Waals surface area contributed by atoms with E-state index in [0.29, 0.717) is 22.8 Å². The Morgan fingerprint density at radius 1 is 1.56 bits per heavy atom. The molecule has 5 heteroatoms.